The summed E-state index contributed by atoms with van der Waals surface area (Å²) < 4.78 is 0. The van der Waals surface area contributed by atoms with Gasteiger partial charge in [-0.15, -0.1) is 11.8 Å². The Kier molecular flexibility index (Phi) is 5.24. The van der Waals surface area contributed by atoms with Gasteiger partial charge in [0.25, 0.3) is 5.91 Å². The van der Waals surface area contributed by atoms with Crippen LogP contribution in [0.3, 0.4) is 0 Å². The molecule has 0 aliphatic carbocycles. The molecule has 3 atom stereocenters. The van der Waals surface area contributed by atoms with Crippen molar-refractivity contribution < 1.29 is 24.6 Å². The summed E-state index contributed by atoms with van der Waals surface area (Å²) in [4.78, 5) is 37.7. The third-order valence-electron chi connectivity index (χ3n) is 4.40. The third kappa shape index (κ3) is 3.43. The lowest BCUT2D eigenvalue weighted by atomic mass is 10.0. The number of phenolic OH excluding ortho intramolecular Hbond substituents is 1. The van der Waals surface area contributed by atoms with Crippen molar-refractivity contribution in [3.63, 3.8) is 0 Å². The predicted molar refractivity (Wildman–Crippen MR) is 99.5 cm³/mol. The zero-order valence-corrected chi connectivity index (χ0v) is 15.3. The zero-order valence-electron chi connectivity index (χ0n) is 14.5. The predicted octanol–water partition coefficient (Wildman–Crippen LogP) is 0.707. The number of rotatable bonds is 5. The number of carbonyl (C=O) groups is 3. The number of nitrogens with zero attached hydrogens (tertiary/aromatic N) is 1. The van der Waals surface area contributed by atoms with E-state index < -0.39 is 35.2 Å². The number of carbonyl (C=O) groups excluding carboxylic acids is 2. The first-order valence-electron chi connectivity index (χ1n) is 8.24. The molecule has 0 radical (unpaired) electrons. The molecule has 3 rings (SSSR count). The number of fused-ring (bicyclic) bond motifs is 1. The maximum atomic E-state index is 12.5. The van der Waals surface area contributed by atoms with Crippen molar-refractivity contribution in [3.05, 3.63) is 53.3 Å². The normalized spacial score (nSPS) is 23.0. The second-order valence-corrected chi connectivity index (χ2v) is 7.25. The number of carboxylic acid groups (broad SMARTS) is 1. The van der Waals surface area contributed by atoms with Crippen LogP contribution in [-0.2, 0) is 14.4 Å². The monoisotopic (exact) mass is 389 g/mol. The molecule has 8 nitrogen and oxygen atoms in total. The molecule has 2 aliphatic rings. The van der Waals surface area contributed by atoms with Crippen molar-refractivity contribution in [2.45, 2.75) is 24.4 Å². The molecule has 0 saturated carbocycles. The second kappa shape index (κ2) is 7.45. The highest BCUT2D eigenvalue weighted by molar-refractivity contribution is 8.00. The second-order valence-electron chi connectivity index (χ2n) is 6.14. The van der Waals surface area contributed by atoms with Crippen LogP contribution in [0.1, 0.15) is 18.5 Å². The van der Waals surface area contributed by atoms with E-state index in [0.29, 0.717) is 16.9 Å². The van der Waals surface area contributed by atoms with Gasteiger partial charge in [-0.1, -0.05) is 24.3 Å². The van der Waals surface area contributed by atoms with Crippen molar-refractivity contribution in [3.8, 4) is 5.75 Å². The Morgan fingerprint density at radius 1 is 1.37 bits per heavy atom. The lowest BCUT2D eigenvalue weighted by molar-refractivity contribution is -0.150. The summed E-state index contributed by atoms with van der Waals surface area (Å²) in [7, 11) is 0. The van der Waals surface area contributed by atoms with E-state index in [2.05, 4.69) is 5.32 Å². The lowest BCUT2D eigenvalue weighted by Gasteiger charge is -2.49. The molecule has 1 fully saturated rings. The van der Waals surface area contributed by atoms with Crippen LogP contribution in [0.4, 0.5) is 0 Å². The summed E-state index contributed by atoms with van der Waals surface area (Å²) >= 11 is 1.39. The van der Waals surface area contributed by atoms with Crippen LogP contribution in [0.5, 0.6) is 5.75 Å². The number of aromatic hydroxyl groups is 1. The number of hydrogen-bond acceptors (Lipinski definition) is 6. The highest BCUT2D eigenvalue weighted by Crippen LogP contribution is 2.40. The van der Waals surface area contributed by atoms with Gasteiger partial charge in [0.2, 0.25) is 5.91 Å². The molecule has 142 valence electrons. The summed E-state index contributed by atoms with van der Waals surface area (Å²) in [6, 6.07) is 4.06. The molecule has 0 aromatic heterocycles. The fourth-order valence-corrected chi connectivity index (χ4v) is 4.37. The Morgan fingerprint density at radius 3 is 2.63 bits per heavy atom. The average Bonchev–Trinajstić information content (AvgIpc) is 2.65. The average molecular weight is 389 g/mol. The summed E-state index contributed by atoms with van der Waals surface area (Å²) in [5.74, 6) is -1.71. The largest absolute Gasteiger partial charge is 0.508 e. The first kappa shape index (κ1) is 19.0. The van der Waals surface area contributed by atoms with Gasteiger partial charge >= 0.3 is 5.97 Å². The number of hydrogen-bond donors (Lipinski definition) is 4. The number of phenols is 1. The van der Waals surface area contributed by atoms with Gasteiger partial charge in [0.15, 0.2) is 0 Å². The van der Waals surface area contributed by atoms with E-state index in [1.165, 1.54) is 40.9 Å². The van der Waals surface area contributed by atoms with Crippen molar-refractivity contribution in [2.24, 2.45) is 5.73 Å². The Bertz CT molecular complexity index is 849. The van der Waals surface area contributed by atoms with E-state index in [1.54, 1.807) is 19.1 Å². The molecule has 0 bridgehead atoms. The molecule has 1 aromatic rings. The summed E-state index contributed by atoms with van der Waals surface area (Å²) in [6.07, 6.45) is 3.39. The summed E-state index contributed by atoms with van der Waals surface area (Å²) in [5, 5.41) is 20.9. The van der Waals surface area contributed by atoms with Crippen molar-refractivity contribution in [2.75, 3.05) is 5.75 Å². The molecule has 2 aliphatic heterocycles. The molecule has 1 saturated heterocycles. The van der Waals surface area contributed by atoms with Crippen LogP contribution < -0.4 is 11.1 Å². The number of carboxylic acids is 1. The van der Waals surface area contributed by atoms with Crippen LogP contribution >= 0.6 is 11.8 Å². The number of aliphatic carboxylic acids is 1. The molecular formula is C18H19N3O5S. The van der Waals surface area contributed by atoms with Crippen LogP contribution in [0.15, 0.2) is 47.7 Å². The maximum Gasteiger partial charge on any atom is 0.352 e. The van der Waals surface area contributed by atoms with Crippen molar-refractivity contribution in [1.82, 2.24) is 10.2 Å². The highest BCUT2D eigenvalue weighted by atomic mass is 32.2. The lowest BCUT2D eigenvalue weighted by Crippen LogP contribution is -2.71. The zero-order chi connectivity index (χ0) is 19.7. The van der Waals surface area contributed by atoms with E-state index in [1.807, 2.05) is 0 Å². The van der Waals surface area contributed by atoms with E-state index in [0.717, 1.165) is 0 Å². The first-order chi connectivity index (χ1) is 12.8. The third-order valence-corrected chi connectivity index (χ3v) is 5.70. The van der Waals surface area contributed by atoms with Gasteiger partial charge in [0, 0.05) is 5.75 Å². The molecule has 2 heterocycles. The van der Waals surface area contributed by atoms with Crippen molar-refractivity contribution in [1.29, 1.82) is 0 Å². The van der Waals surface area contributed by atoms with Gasteiger partial charge in [0.1, 0.15) is 28.9 Å². The molecule has 5 N–H and O–H groups in total. The quantitative estimate of drug-likeness (QED) is 0.545. The Morgan fingerprint density at radius 2 is 2.04 bits per heavy atom. The number of nitrogens with two attached hydrogens (primary N) is 1. The van der Waals surface area contributed by atoms with Crippen LogP contribution in [0.2, 0.25) is 0 Å². The smallest absolute Gasteiger partial charge is 0.352 e. The SMILES string of the molecule is C/C=C\C1=C(C(=O)O)N2C(=O)C(NC(=O)C(N)c3ccc(O)cc3)C2SC1. The van der Waals surface area contributed by atoms with Crippen molar-refractivity contribution >= 4 is 29.5 Å². The molecule has 2 amide bonds. The first-order valence-corrected chi connectivity index (χ1v) is 9.28. The number of benzene rings is 1. The van der Waals surface area contributed by atoms with Crippen LogP contribution in [0.25, 0.3) is 0 Å². The number of amides is 2. The molecular weight excluding hydrogens is 370 g/mol. The minimum Gasteiger partial charge on any atom is -0.508 e. The van der Waals surface area contributed by atoms with E-state index >= 15 is 0 Å². The number of nitrogens with one attached hydrogen (secondary N) is 1. The molecule has 3 unspecified atom stereocenters. The van der Waals surface area contributed by atoms with Gasteiger partial charge in [-0.3, -0.25) is 14.5 Å². The number of β-lactam (4-membered cyclic amide) rings is 1. The minimum absolute atomic E-state index is 0.0461. The van der Waals surface area contributed by atoms with Crippen LogP contribution in [0, 0.1) is 0 Å². The van der Waals surface area contributed by atoms with Gasteiger partial charge < -0.3 is 21.3 Å². The van der Waals surface area contributed by atoms with E-state index in [-0.39, 0.29) is 11.4 Å². The molecule has 9 heteroatoms. The summed E-state index contributed by atoms with van der Waals surface area (Å²) in [5.41, 5.74) is 6.93. The van der Waals surface area contributed by atoms with Gasteiger partial charge in [-0.2, -0.15) is 0 Å². The number of allylic oxidation sites excluding steroid dienone is 2. The van der Waals surface area contributed by atoms with Gasteiger partial charge in [0.05, 0.1) is 0 Å². The molecule has 27 heavy (non-hydrogen) atoms. The minimum atomic E-state index is -1.17. The maximum absolute atomic E-state index is 12.5. The van der Waals surface area contributed by atoms with Gasteiger partial charge in [-0.25, -0.2) is 4.79 Å². The van der Waals surface area contributed by atoms with Crippen LogP contribution in [-0.4, -0.2) is 50.1 Å². The Hall–Kier alpha value is -2.78. The van der Waals surface area contributed by atoms with Gasteiger partial charge in [-0.05, 0) is 30.2 Å². The van der Waals surface area contributed by atoms with E-state index in [4.69, 9.17) is 5.73 Å². The van der Waals surface area contributed by atoms with E-state index in [9.17, 15) is 24.6 Å². The summed E-state index contributed by atoms with van der Waals surface area (Å²) in [6.45, 7) is 1.77. The molecule has 1 aromatic carbocycles. The molecule has 0 spiro atoms. The fraction of sp³-hybridized carbons (Fsp3) is 0.278. The standard InChI is InChI=1S/C18H19N3O5S/c1-2-3-10-8-27-17-13(16(24)21(17)14(10)18(25)26)20-15(23)12(19)9-4-6-11(22)7-5-9/h2-7,12-13,17,22H,8,19H2,1H3,(H,20,23)(H,25,26)/b3-2-. The highest BCUT2D eigenvalue weighted by Gasteiger charge is 2.54. The number of thioether (sulfide) groups is 1. The Labute approximate surface area is 159 Å². The topological polar surface area (TPSA) is 133 Å². The Balaban J connectivity index is 1.74. The fourth-order valence-electron chi connectivity index (χ4n) is 3.05.